The summed E-state index contributed by atoms with van der Waals surface area (Å²) >= 11 is 0. The van der Waals surface area contributed by atoms with Gasteiger partial charge in [-0.15, -0.1) is 0 Å². The van der Waals surface area contributed by atoms with E-state index < -0.39 is 11.9 Å². The lowest BCUT2D eigenvalue weighted by atomic mass is 10.1. The van der Waals surface area contributed by atoms with Crippen molar-refractivity contribution in [2.45, 2.75) is 38.8 Å². The molecule has 0 aliphatic heterocycles. The first-order chi connectivity index (χ1) is 5.65. The summed E-state index contributed by atoms with van der Waals surface area (Å²) in [5.74, 6) is -0.496. The molecule has 0 heterocycles. The number of rotatable bonds is 6. The minimum Gasteiger partial charge on any atom is -0.394 e. The quantitative estimate of drug-likeness (QED) is 0.513. The van der Waals surface area contributed by atoms with Gasteiger partial charge in [0, 0.05) is 6.04 Å². The summed E-state index contributed by atoms with van der Waals surface area (Å²) in [6.45, 7) is 3.82. The molecule has 0 saturated heterocycles. The Balaban J connectivity index is 3.91. The van der Waals surface area contributed by atoms with Crippen LogP contribution in [-0.2, 0) is 4.79 Å². The SMILES string of the molecule is CCC(CC)NC(CO)C(N)=O. The van der Waals surface area contributed by atoms with Gasteiger partial charge in [0.1, 0.15) is 6.04 Å². The van der Waals surface area contributed by atoms with E-state index in [1.54, 1.807) is 0 Å². The van der Waals surface area contributed by atoms with Crippen LogP contribution < -0.4 is 11.1 Å². The number of nitrogens with one attached hydrogen (secondary N) is 1. The fourth-order valence-corrected chi connectivity index (χ4v) is 1.03. The minimum absolute atomic E-state index is 0.230. The summed E-state index contributed by atoms with van der Waals surface area (Å²) in [7, 11) is 0. The molecular formula is C8H18N2O2. The van der Waals surface area contributed by atoms with E-state index in [2.05, 4.69) is 5.32 Å². The van der Waals surface area contributed by atoms with Crippen LogP contribution in [0.25, 0.3) is 0 Å². The van der Waals surface area contributed by atoms with Gasteiger partial charge in [-0.1, -0.05) is 13.8 Å². The minimum atomic E-state index is -0.602. The normalized spacial score (nSPS) is 13.3. The zero-order chi connectivity index (χ0) is 9.56. The van der Waals surface area contributed by atoms with Crippen LogP contribution in [0.4, 0.5) is 0 Å². The molecule has 0 saturated carbocycles. The van der Waals surface area contributed by atoms with Crippen LogP contribution >= 0.6 is 0 Å². The number of carbonyl (C=O) groups excluding carboxylic acids is 1. The number of aliphatic hydroxyl groups excluding tert-OH is 1. The molecule has 0 aromatic rings. The summed E-state index contributed by atoms with van der Waals surface area (Å²) < 4.78 is 0. The van der Waals surface area contributed by atoms with Crippen LogP contribution in [0, 0.1) is 0 Å². The summed E-state index contributed by atoms with van der Waals surface area (Å²) in [5.41, 5.74) is 5.04. The van der Waals surface area contributed by atoms with Gasteiger partial charge in [0.05, 0.1) is 6.61 Å². The molecule has 0 rings (SSSR count). The zero-order valence-corrected chi connectivity index (χ0v) is 7.71. The number of nitrogens with two attached hydrogens (primary N) is 1. The third-order valence-corrected chi connectivity index (χ3v) is 1.95. The first-order valence-electron chi connectivity index (χ1n) is 4.31. The Bertz CT molecular complexity index is 135. The van der Waals surface area contributed by atoms with Crippen molar-refractivity contribution in [3.8, 4) is 0 Å². The number of aliphatic hydroxyl groups is 1. The monoisotopic (exact) mass is 174 g/mol. The highest BCUT2D eigenvalue weighted by atomic mass is 16.3. The van der Waals surface area contributed by atoms with Gasteiger partial charge in [-0.25, -0.2) is 0 Å². The van der Waals surface area contributed by atoms with Crippen LogP contribution in [-0.4, -0.2) is 29.7 Å². The fraction of sp³-hybridized carbons (Fsp3) is 0.875. The van der Waals surface area contributed by atoms with Gasteiger partial charge in [0.15, 0.2) is 0 Å². The van der Waals surface area contributed by atoms with Crippen molar-refractivity contribution in [3.63, 3.8) is 0 Å². The Kier molecular flexibility index (Phi) is 5.66. The summed E-state index contributed by atoms with van der Waals surface area (Å²) in [5, 5.41) is 11.8. The number of hydrogen-bond acceptors (Lipinski definition) is 3. The molecule has 0 aliphatic rings. The summed E-state index contributed by atoms with van der Waals surface area (Å²) in [4.78, 5) is 10.7. The third kappa shape index (κ3) is 3.69. The lowest BCUT2D eigenvalue weighted by molar-refractivity contribution is -0.121. The smallest absolute Gasteiger partial charge is 0.236 e. The summed E-state index contributed by atoms with van der Waals surface area (Å²) in [6, 6.07) is -0.343. The van der Waals surface area contributed by atoms with Gasteiger partial charge in [-0.2, -0.15) is 0 Å². The largest absolute Gasteiger partial charge is 0.394 e. The Morgan fingerprint density at radius 1 is 1.50 bits per heavy atom. The molecular weight excluding hydrogens is 156 g/mol. The predicted molar refractivity (Wildman–Crippen MR) is 47.6 cm³/mol. The van der Waals surface area contributed by atoms with Crippen molar-refractivity contribution < 1.29 is 9.90 Å². The van der Waals surface area contributed by atoms with Crippen LogP contribution in [0.1, 0.15) is 26.7 Å². The molecule has 4 nitrogen and oxygen atoms in total. The van der Waals surface area contributed by atoms with E-state index >= 15 is 0 Å². The molecule has 0 radical (unpaired) electrons. The van der Waals surface area contributed by atoms with E-state index in [0.717, 1.165) is 12.8 Å². The van der Waals surface area contributed by atoms with Gasteiger partial charge in [0.25, 0.3) is 0 Å². The van der Waals surface area contributed by atoms with Gasteiger partial charge in [-0.3, -0.25) is 4.79 Å². The van der Waals surface area contributed by atoms with Crippen molar-refractivity contribution in [2.24, 2.45) is 5.73 Å². The van der Waals surface area contributed by atoms with Crippen molar-refractivity contribution in [1.82, 2.24) is 5.32 Å². The first-order valence-corrected chi connectivity index (χ1v) is 4.31. The van der Waals surface area contributed by atoms with Gasteiger partial charge in [0.2, 0.25) is 5.91 Å². The molecule has 0 aromatic carbocycles. The highest BCUT2D eigenvalue weighted by molar-refractivity contribution is 5.79. The lowest BCUT2D eigenvalue weighted by Gasteiger charge is -2.19. The fourth-order valence-electron chi connectivity index (χ4n) is 1.03. The van der Waals surface area contributed by atoms with Crippen molar-refractivity contribution in [3.05, 3.63) is 0 Å². The summed E-state index contributed by atoms with van der Waals surface area (Å²) in [6.07, 6.45) is 1.86. The predicted octanol–water partition coefficient (Wildman–Crippen LogP) is -0.389. The van der Waals surface area contributed by atoms with Gasteiger partial charge >= 0.3 is 0 Å². The molecule has 1 unspecified atom stereocenters. The molecule has 0 spiro atoms. The number of amides is 1. The molecule has 12 heavy (non-hydrogen) atoms. The van der Waals surface area contributed by atoms with Crippen molar-refractivity contribution in [2.75, 3.05) is 6.61 Å². The average Bonchev–Trinajstić information content (AvgIpc) is 2.06. The van der Waals surface area contributed by atoms with Crippen LogP contribution in [0.15, 0.2) is 0 Å². The van der Waals surface area contributed by atoms with E-state index in [-0.39, 0.29) is 12.6 Å². The second-order valence-electron chi connectivity index (χ2n) is 2.82. The third-order valence-electron chi connectivity index (χ3n) is 1.95. The second kappa shape index (κ2) is 5.97. The molecule has 0 aliphatic carbocycles. The van der Waals surface area contributed by atoms with Gasteiger partial charge in [-0.05, 0) is 12.8 Å². The van der Waals surface area contributed by atoms with Crippen molar-refractivity contribution >= 4 is 5.91 Å². The van der Waals surface area contributed by atoms with Crippen LogP contribution in [0.2, 0.25) is 0 Å². The zero-order valence-electron chi connectivity index (χ0n) is 7.71. The Morgan fingerprint density at radius 2 is 2.00 bits per heavy atom. The Labute approximate surface area is 73.1 Å². The molecule has 1 atom stereocenters. The standard InChI is InChI=1S/C8H18N2O2/c1-3-6(4-2)10-7(5-11)8(9)12/h6-7,10-11H,3-5H2,1-2H3,(H2,9,12). The van der Waals surface area contributed by atoms with Crippen LogP contribution in [0.3, 0.4) is 0 Å². The number of primary amides is 1. The molecule has 4 N–H and O–H groups in total. The van der Waals surface area contributed by atoms with Crippen LogP contribution in [0.5, 0.6) is 0 Å². The molecule has 0 bridgehead atoms. The highest BCUT2D eigenvalue weighted by Crippen LogP contribution is 1.97. The molecule has 0 aromatic heterocycles. The first kappa shape index (κ1) is 11.4. The molecule has 4 heteroatoms. The van der Waals surface area contributed by atoms with E-state index in [0.29, 0.717) is 0 Å². The van der Waals surface area contributed by atoms with Gasteiger partial charge < -0.3 is 16.2 Å². The number of carbonyl (C=O) groups is 1. The molecule has 0 fully saturated rings. The highest BCUT2D eigenvalue weighted by Gasteiger charge is 2.16. The lowest BCUT2D eigenvalue weighted by Crippen LogP contribution is -2.48. The van der Waals surface area contributed by atoms with Crippen molar-refractivity contribution in [1.29, 1.82) is 0 Å². The maximum absolute atomic E-state index is 10.7. The maximum atomic E-state index is 10.7. The average molecular weight is 174 g/mol. The van der Waals surface area contributed by atoms with E-state index in [1.807, 2.05) is 13.8 Å². The van der Waals surface area contributed by atoms with E-state index in [4.69, 9.17) is 10.8 Å². The molecule has 1 amide bonds. The topological polar surface area (TPSA) is 75.3 Å². The second-order valence-corrected chi connectivity index (χ2v) is 2.82. The van der Waals surface area contributed by atoms with E-state index in [9.17, 15) is 4.79 Å². The Morgan fingerprint density at radius 3 is 2.25 bits per heavy atom. The maximum Gasteiger partial charge on any atom is 0.236 e. The number of hydrogen-bond donors (Lipinski definition) is 3. The molecule has 72 valence electrons. The van der Waals surface area contributed by atoms with E-state index in [1.165, 1.54) is 0 Å². The Hall–Kier alpha value is -0.610.